The average Bonchev–Trinajstić information content (AvgIpc) is 2.52. The fourth-order valence-corrected chi connectivity index (χ4v) is 2.85. The number of benzene rings is 3. The maximum absolute atomic E-state index is 6.20. The van der Waals surface area contributed by atoms with E-state index in [4.69, 9.17) is 23.2 Å². The van der Waals surface area contributed by atoms with Crippen molar-refractivity contribution in [2.75, 3.05) is 0 Å². The van der Waals surface area contributed by atoms with Gasteiger partial charge in [0.05, 0.1) is 10.0 Å². The third-order valence-electron chi connectivity index (χ3n) is 3.54. The minimum absolute atomic E-state index is 0.598. The lowest BCUT2D eigenvalue weighted by molar-refractivity contribution is 0.697. The molecule has 3 heteroatoms. The molecule has 0 aromatic heterocycles. The van der Waals surface area contributed by atoms with Gasteiger partial charge in [0.15, 0.2) is 0 Å². The van der Waals surface area contributed by atoms with Crippen molar-refractivity contribution < 1.29 is 0 Å². The van der Waals surface area contributed by atoms with Gasteiger partial charge in [-0.3, -0.25) is 0 Å². The molecule has 0 bridgehead atoms. The zero-order valence-corrected chi connectivity index (χ0v) is 13.0. The van der Waals surface area contributed by atoms with Gasteiger partial charge in [0, 0.05) is 13.1 Å². The molecular weight excluding hydrogens is 301 g/mol. The molecule has 1 N–H and O–H groups in total. The molecule has 0 saturated carbocycles. The SMILES string of the molecule is Clc1cccc(CNCc2cccc3ccccc23)c1Cl. The van der Waals surface area contributed by atoms with Crippen LogP contribution in [0.1, 0.15) is 11.1 Å². The van der Waals surface area contributed by atoms with Gasteiger partial charge >= 0.3 is 0 Å². The Hall–Kier alpha value is -1.54. The molecule has 1 nitrogen and oxygen atoms in total. The third kappa shape index (κ3) is 3.21. The molecule has 0 fully saturated rings. The van der Waals surface area contributed by atoms with Gasteiger partial charge in [0.25, 0.3) is 0 Å². The molecule has 0 aliphatic carbocycles. The number of hydrogen-bond acceptors (Lipinski definition) is 1. The summed E-state index contributed by atoms with van der Waals surface area (Å²) in [5.41, 5.74) is 2.30. The van der Waals surface area contributed by atoms with Crippen molar-refractivity contribution in [3.05, 3.63) is 81.8 Å². The lowest BCUT2D eigenvalue weighted by atomic mass is 10.0. The highest BCUT2D eigenvalue weighted by Gasteiger charge is 2.04. The number of rotatable bonds is 4. The summed E-state index contributed by atoms with van der Waals surface area (Å²) in [5, 5.41) is 7.21. The first-order valence-corrected chi connectivity index (χ1v) is 7.61. The van der Waals surface area contributed by atoms with E-state index in [1.807, 2.05) is 12.1 Å². The molecule has 0 amide bonds. The van der Waals surface area contributed by atoms with E-state index in [9.17, 15) is 0 Å². The standard InChI is InChI=1S/C18H15Cl2N/c19-17-10-4-8-15(18(17)20)12-21-11-14-7-3-6-13-5-1-2-9-16(13)14/h1-10,21H,11-12H2. The van der Waals surface area contributed by atoms with E-state index >= 15 is 0 Å². The molecular formula is C18H15Cl2N. The predicted octanol–water partition coefficient (Wildman–Crippen LogP) is 5.44. The topological polar surface area (TPSA) is 12.0 Å². The van der Waals surface area contributed by atoms with E-state index in [1.54, 1.807) is 6.07 Å². The Morgan fingerprint density at radius 1 is 0.714 bits per heavy atom. The van der Waals surface area contributed by atoms with Crippen LogP contribution < -0.4 is 5.32 Å². The normalized spacial score (nSPS) is 11.0. The van der Waals surface area contributed by atoms with Crippen molar-refractivity contribution in [3.8, 4) is 0 Å². The summed E-state index contributed by atoms with van der Waals surface area (Å²) < 4.78 is 0. The minimum Gasteiger partial charge on any atom is -0.309 e. The van der Waals surface area contributed by atoms with Crippen LogP contribution in [0, 0.1) is 0 Å². The summed E-state index contributed by atoms with van der Waals surface area (Å²) in [4.78, 5) is 0. The molecule has 0 aliphatic rings. The van der Waals surface area contributed by atoms with Crippen molar-refractivity contribution in [1.82, 2.24) is 5.32 Å². The second kappa shape index (κ2) is 6.48. The Bertz CT molecular complexity index is 763. The Morgan fingerprint density at radius 3 is 2.29 bits per heavy atom. The number of hydrogen-bond donors (Lipinski definition) is 1. The van der Waals surface area contributed by atoms with Crippen molar-refractivity contribution in [3.63, 3.8) is 0 Å². The highest BCUT2D eigenvalue weighted by molar-refractivity contribution is 6.42. The monoisotopic (exact) mass is 315 g/mol. The van der Waals surface area contributed by atoms with Crippen LogP contribution in [-0.2, 0) is 13.1 Å². The van der Waals surface area contributed by atoms with E-state index in [0.29, 0.717) is 16.6 Å². The van der Waals surface area contributed by atoms with Gasteiger partial charge in [-0.15, -0.1) is 0 Å². The van der Waals surface area contributed by atoms with Gasteiger partial charge in [-0.05, 0) is 28.0 Å². The molecule has 106 valence electrons. The third-order valence-corrected chi connectivity index (χ3v) is 4.40. The largest absolute Gasteiger partial charge is 0.309 e. The van der Waals surface area contributed by atoms with Gasteiger partial charge in [0.2, 0.25) is 0 Å². The summed E-state index contributed by atoms with van der Waals surface area (Å²) in [6.45, 7) is 1.49. The van der Waals surface area contributed by atoms with Crippen LogP contribution in [0.5, 0.6) is 0 Å². The van der Waals surface area contributed by atoms with Crippen LogP contribution in [0.4, 0.5) is 0 Å². The summed E-state index contributed by atoms with van der Waals surface area (Å²) in [6.07, 6.45) is 0. The van der Waals surface area contributed by atoms with Crippen molar-refractivity contribution in [2.45, 2.75) is 13.1 Å². The summed E-state index contributed by atoms with van der Waals surface area (Å²) in [6, 6.07) is 20.5. The average molecular weight is 316 g/mol. The number of halogens is 2. The van der Waals surface area contributed by atoms with Crippen LogP contribution >= 0.6 is 23.2 Å². The number of fused-ring (bicyclic) bond motifs is 1. The summed E-state index contributed by atoms with van der Waals surface area (Å²) in [5.74, 6) is 0. The zero-order chi connectivity index (χ0) is 14.7. The summed E-state index contributed by atoms with van der Waals surface area (Å²) >= 11 is 12.2. The molecule has 0 radical (unpaired) electrons. The molecule has 3 rings (SSSR count). The Kier molecular flexibility index (Phi) is 4.45. The molecule has 21 heavy (non-hydrogen) atoms. The van der Waals surface area contributed by atoms with Gasteiger partial charge in [-0.2, -0.15) is 0 Å². The first-order chi connectivity index (χ1) is 10.3. The van der Waals surface area contributed by atoms with E-state index in [1.165, 1.54) is 16.3 Å². The van der Waals surface area contributed by atoms with Crippen LogP contribution in [0.2, 0.25) is 10.0 Å². The molecule has 3 aromatic rings. The zero-order valence-electron chi connectivity index (χ0n) is 11.4. The minimum atomic E-state index is 0.598. The van der Waals surface area contributed by atoms with Crippen molar-refractivity contribution in [1.29, 1.82) is 0 Å². The Morgan fingerprint density at radius 2 is 1.38 bits per heavy atom. The molecule has 0 heterocycles. The van der Waals surface area contributed by atoms with Crippen LogP contribution in [0.25, 0.3) is 10.8 Å². The van der Waals surface area contributed by atoms with Gasteiger partial charge < -0.3 is 5.32 Å². The van der Waals surface area contributed by atoms with E-state index < -0.39 is 0 Å². The quantitative estimate of drug-likeness (QED) is 0.676. The predicted molar refractivity (Wildman–Crippen MR) is 91.0 cm³/mol. The van der Waals surface area contributed by atoms with Crippen LogP contribution in [-0.4, -0.2) is 0 Å². The molecule has 0 spiro atoms. The van der Waals surface area contributed by atoms with Crippen LogP contribution in [0.3, 0.4) is 0 Å². The molecule has 3 aromatic carbocycles. The Balaban J connectivity index is 1.74. The van der Waals surface area contributed by atoms with Crippen LogP contribution in [0.15, 0.2) is 60.7 Å². The van der Waals surface area contributed by atoms with Crippen molar-refractivity contribution in [2.24, 2.45) is 0 Å². The lowest BCUT2D eigenvalue weighted by Crippen LogP contribution is -2.13. The first kappa shape index (κ1) is 14.4. The van der Waals surface area contributed by atoms with E-state index in [2.05, 4.69) is 47.8 Å². The summed E-state index contributed by atoms with van der Waals surface area (Å²) in [7, 11) is 0. The Labute approximate surface area is 134 Å². The lowest BCUT2D eigenvalue weighted by Gasteiger charge is -2.10. The van der Waals surface area contributed by atoms with Gasteiger partial charge in [-0.1, -0.05) is 77.8 Å². The molecule has 0 unspecified atom stereocenters. The molecule has 0 aliphatic heterocycles. The second-order valence-electron chi connectivity index (χ2n) is 4.95. The maximum atomic E-state index is 6.20. The fraction of sp³-hybridized carbons (Fsp3) is 0.111. The molecule has 0 atom stereocenters. The fourth-order valence-electron chi connectivity index (χ4n) is 2.46. The van der Waals surface area contributed by atoms with Gasteiger partial charge in [-0.25, -0.2) is 0 Å². The highest BCUT2D eigenvalue weighted by Crippen LogP contribution is 2.25. The van der Waals surface area contributed by atoms with Gasteiger partial charge in [0.1, 0.15) is 0 Å². The highest BCUT2D eigenvalue weighted by atomic mass is 35.5. The smallest absolute Gasteiger partial charge is 0.0637 e. The maximum Gasteiger partial charge on any atom is 0.0637 e. The van der Waals surface area contributed by atoms with E-state index in [-0.39, 0.29) is 0 Å². The van der Waals surface area contributed by atoms with E-state index in [0.717, 1.165) is 12.1 Å². The first-order valence-electron chi connectivity index (χ1n) is 6.86. The molecule has 0 saturated heterocycles. The second-order valence-corrected chi connectivity index (χ2v) is 5.74. The van der Waals surface area contributed by atoms with Crippen molar-refractivity contribution >= 4 is 34.0 Å². The number of nitrogens with one attached hydrogen (secondary N) is 1.